The maximum Gasteiger partial charge on any atom is 0.171 e. The van der Waals surface area contributed by atoms with Crippen molar-refractivity contribution in [1.82, 2.24) is 0 Å². The van der Waals surface area contributed by atoms with Crippen LogP contribution in [-0.4, -0.2) is 182 Å². The van der Waals surface area contributed by atoms with Crippen LogP contribution >= 0.6 is 0 Å². The van der Waals surface area contributed by atoms with E-state index in [9.17, 15) is 45.6 Å². The van der Waals surface area contributed by atoms with Gasteiger partial charge in [0, 0.05) is 146 Å². The van der Waals surface area contributed by atoms with E-state index in [0.29, 0.717) is 142 Å². The number of ether oxygens (including phenoxy) is 19. The number of rotatable bonds is 31. The van der Waals surface area contributed by atoms with E-state index < -0.39 is 23.9 Å². The Morgan fingerprint density at radius 3 is 1.05 bits per heavy atom. The predicted octanol–water partition coefficient (Wildman–Crippen LogP) is 22.1. The van der Waals surface area contributed by atoms with Crippen LogP contribution in [-0.2, 0) is 40.1 Å². The Balaban J connectivity index is 0.000000164. The standard InChI is InChI=1S/C35H36O7.C28H22O7.C27H28O7.C27H30O7.S4/c1-36-24-11-8-21(9-12-24)14-28-29-19-27(39-4)20-32(42-7)35(29)34(23-15-25(37-2)18-26(16-23)38-3)33(28)22-10-13-30(40-5)31(17-22)41-6;29-17-4-1-14(2-5-17)7-21-22-12-20(32)13-25(35)28(22)27(16-8-18(30)11-19(31)9-16)26(21)15-3-6-23(33)24(34)10-15;1-29-17-9-16(10-18(12-17)30-2)24-25(15-7-8-21(32-4)22(11-15)33-5)27(28)20-13-19(31-3)14-23(34-6)26(20)24;1-29-20-13-19(14-21(15-20)30-2)27(28)26-18(12-22(31-3)16-25(26)34-6)9-7-17-8-10-23(32-4)24(11-17)33-5;1-3-4-2/h8-20,33-34H,1-7H3;1-13,26-27,29-35H;7-14,24-25H,1-6H3;7-16,27-28H,1-6H3;/b28-14-;21-7-;;9-7+;/t33-,34+;26-,27+;24-,25-;;/m110../s1. The van der Waals surface area contributed by atoms with Crippen molar-refractivity contribution >= 4 is 81.4 Å². The second kappa shape index (κ2) is 50.6. The number of hydrogen-bond donors (Lipinski definition) is 8. The highest BCUT2D eigenvalue weighted by atomic mass is 33.2. The topological polar surface area (TPSA) is 354 Å². The number of methoxy groups -OCH3 is 19. The number of carbonyl (C=O) groups is 1. The molecule has 32 heteroatoms. The van der Waals surface area contributed by atoms with E-state index in [1.54, 1.807) is 196 Å². The van der Waals surface area contributed by atoms with Gasteiger partial charge in [0.15, 0.2) is 51.8 Å². The number of benzene rings is 14. The number of aliphatic hydroxyl groups is 1. The maximum atomic E-state index is 13.9. The average Bonchev–Trinajstić information content (AvgIpc) is 1.59. The van der Waals surface area contributed by atoms with Crippen molar-refractivity contribution in [2.24, 2.45) is 0 Å². The van der Waals surface area contributed by atoms with E-state index in [-0.39, 0.29) is 63.8 Å². The molecule has 0 fully saturated rings. The van der Waals surface area contributed by atoms with Gasteiger partial charge in [0.2, 0.25) is 0 Å². The Kier molecular flexibility index (Phi) is 37.3. The summed E-state index contributed by atoms with van der Waals surface area (Å²) in [5.74, 6) is 8.43. The van der Waals surface area contributed by atoms with Crippen LogP contribution in [0, 0.1) is 0 Å². The molecule has 0 spiro atoms. The summed E-state index contributed by atoms with van der Waals surface area (Å²) in [6.45, 7) is 0. The van der Waals surface area contributed by atoms with Crippen LogP contribution < -0.4 is 90.0 Å². The Morgan fingerprint density at radius 2 is 0.604 bits per heavy atom. The molecule has 0 saturated carbocycles. The Hall–Kier alpha value is -16.4. The van der Waals surface area contributed by atoms with Crippen molar-refractivity contribution in [2.75, 3.05) is 135 Å². The van der Waals surface area contributed by atoms with E-state index in [1.165, 1.54) is 72.4 Å². The molecule has 776 valence electrons. The fraction of sp³-hybridized carbons (Fsp3) is 0.222. The number of aliphatic hydroxyl groups excluding tert-OH is 1. The van der Waals surface area contributed by atoms with Gasteiger partial charge in [-0.15, -0.1) is 0 Å². The lowest BCUT2D eigenvalue weighted by Crippen LogP contribution is -2.14. The molecule has 0 aromatic heterocycles. The number of carbonyl (C=O) groups excluding carboxylic acids is 1. The molecule has 0 amide bonds. The summed E-state index contributed by atoms with van der Waals surface area (Å²) in [7, 11) is 32.9. The Labute approximate surface area is 880 Å². The molecule has 14 aromatic rings. The molecule has 0 radical (unpaired) electrons. The number of ketones is 1. The number of hydrogen-bond acceptors (Lipinski definition) is 30. The van der Waals surface area contributed by atoms with Crippen molar-refractivity contribution in [3.63, 3.8) is 0 Å². The molecule has 14 aromatic carbocycles. The van der Waals surface area contributed by atoms with Gasteiger partial charge in [-0.3, -0.25) is 4.79 Å². The zero-order chi connectivity index (χ0) is 107. The van der Waals surface area contributed by atoms with Crippen molar-refractivity contribution in [3.05, 3.63) is 343 Å². The molecule has 8 N–H and O–H groups in total. The van der Waals surface area contributed by atoms with Crippen molar-refractivity contribution in [2.45, 2.75) is 41.6 Å². The summed E-state index contributed by atoms with van der Waals surface area (Å²) in [5, 5.41) is 82.9. The number of Topliss-reactive ketones (excluding diaryl/α,β-unsaturated/α-hetero) is 1. The summed E-state index contributed by atoms with van der Waals surface area (Å²) >= 11 is 8.66. The average molecular weight is 2100 g/mol. The van der Waals surface area contributed by atoms with Crippen LogP contribution in [0.2, 0.25) is 0 Å². The van der Waals surface area contributed by atoms with Crippen LogP contribution in [0.5, 0.6) is 149 Å². The van der Waals surface area contributed by atoms with Gasteiger partial charge in [-0.1, -0.05) is 72.8 Å². The zero-order valence-corrected chi connectivity index (χ0v) is 88.6. The second-order valence-corrected chi connectivity index (χ2v) is 37.4. The monoisotopic (exact) mass is 2100 g/mol. The van der Waals surface area contributed by atoms with E-state index in [1.807, 2.05) is 109 Å². The molecular formula is C117H116O28S4. The second-order valence-electron chi connectivity index (χ2n) is 33.8. The van der Waals surface area contributed by atoms with Crippen LogP contribution in [0.25, 0.3) is 35.5 Å². The molecule has 28 nitrogen and oxygen atoms in total. The van der Waals surface area contributed by atoms with Gasteiger partial charge in [0.25, 0.3) is 0 Å². The minimum absolute atomic E-state index is 0.0359. The van der Waals surface area contributed by atoms with E-state index in [2.05, 4.69) is 64.9 Å². The molecule has 0 aliphatic heterocycles. The molecule has 1 unspecified atom stereocenters. The first-order valence-corrected chi connectivity index (χ1v) is 50.2. The van der Waals surface area contributed by atoms with Gasteiger partial charge in [0.05, 0.1) is 141 Å². The molecule has 17 rings (SSSR count). The van der Waals surface area contributed by atoms with Crippen molar-refractivity contribution in [1.29, 1.82) is 0 Å². The quantitative estimate of drug-likeness (QED) is 0.0148. The van der Waals surface area contributed by atoms with Crippen LogP contribution in [0.4, 0.5) is 0 Å². The third kappa shape index (κ3) is 24.6. The van der Waals surface area contributed by atoms with E-state index in [4.69, 9.17) is 90.0 Å². The van der Waals surface area contributed by atoms with Gasteiger partial charge < -0.3 is 131 Å². The Morgan fingerprint density at radius 1 is 0.248 bits per heavy atom. The van der Waals surface area contributed by atoms with Crippen LogP contribution in [0.3, 0.4) is 0 Å². The van der Waals surface area contributed by atoms with E-state index >= 15 is 0 Å². The first kappa shape index (κ1) is 110. The first-order valence-electron chi connectivity index (χ1n) is 46.2. The lowest BCUT2D eigenvalue weighted by atomic mass is 9.79. The van der Waals surface area contributed by atoms with Crippen LogP contribution in [0.15, 0.2) is 243 Å². The highest BCUT2D eigenvalue weighted by molar-refractivity contribution is 8.51. The normalized spacial score (nSPS) is 15.5. The summed E-state index contributed by atoms with van der Waals surface area (Å²) in [5.41, 5.74) is 15.6. The van der Waals surface area contributed by atoms with Crippen molar-refractivity contribution < 1.29 is 136 Å². The lowest BCUT2D eigenvalue weighted by molar-refractivity contribution is 0.0967. The minimum atomic E-state index is -1.02. The van der Waals surface area contributed by atoms with E-state index in [0.717, 1.165) is 78.3 Å². The van der Waals surface area contributed by atoms with Crippen LogP contribution in [0.1, 0.15) is 147 Å². The number of allylic oxidation sites excluding steroid dienone is 2. The highest BCUT2D eigenvalue weighted by Gasteiger charge is 2.47. The SMILES string of the molecule is COc1cc(OC)cc(C(O)c2c(/C=C/c3ccc(OC)c(OC)c3)cc(OC)cc2OC)c1.COc1cc(OC)cc([C@@H]2c3c(OC)cc(OC)cc3C(=O)[C@H]2c2ccc(OC)c(OC)c2)c1.COc1ccc(/C=C2/c3cc(OC)cc(OC)c3[C@@H](c3cc(OC)cc(OC)c3)[C@@H]2c2ccc(OC)c(OC)c2)cc1.Oc1ccc(/C=C2/c3cc(O)cc(O)c3[C@@H](c3cc(O)cc(O)c3)[C@@H]2c2ccc(O)c(O)c2)cc1.S=S=S=S. The summed E-state index contributed by atoms with van der Waals surface area (Å²) in [6, 6.07) is 71.2. The number of phenols is 7. The van der Waals surface area contributed by atoms with Gasteiger partial charge in [0.1, 0.15) is 110 Å². The van der Waals surface area contributed by atoms with Crippen molar-refractivity contribution in [3.8, 4) is 149 Å². The molecule has 3 aliphatic carbocycles. The third-order valence-corrected chi connectivity index (χ3v) is 28.0. The molecule has 3 aliphatic rings. The zero-order valence-electron chi connectivity index (χ0n) is 85.3. The smallest absolute Gasteiger partial charge is 0.171 e. The third-order valence-electron chi connectivity index (χ3n) is 25.8. The number of aromatic hydroxyl groups is 7. The summed E-state index contributed by atoms with van der Waals surface area (Å²) < 4.78 is 106. The Bertz CT molecular complexity index is 7240. The number of phenolic OH excluding ortho intramolecular Hbond substituents is 7. The molecule has 0 bridgehead atoms. The lowest BCUT2D eigenvalue weighted by Gasteiger charge is -2.25. The van der Waals surface area contributed by atoms with Gasteiger partial charge in [-0.25, -0.2) is 0 Å². The minimum Gasteiger partial charge on any atom is -0.508 e. The highest BCUT2D eigenvalue weighted by Crippen LogP contribution is 2.63. The number of fused-ring (bicyclic) bond motifs is 3. The molecule has 7 atom stereocenters. The maximum absolute atomic E-state index is 13.9. The summed E-state index contributed by atoms with van der Waals surface area (Å²) in [4.78, 5) is 13.9. The van der Waals surface area contributed by atoms with Gasteiger partial charge >= 0.3 is 0 Å². The molecule has 0 saturated heterocycles. The van der Waals surface area contributed by atoms with Gasteiger partial charge in [-0.2, -0.15) is 0 Å². The molecular weight excluding hydrogens is 1980 g/mol. The largest absolute Gasteiger partial charge is 0.508 e. The predicted molar refractivity (Wildman–Crippen MR) is 583 cm³/mol. The summed E-state index contributed by atoms with van der Waals surface area (Å²) in [6.07, 6.45) is 6.85. The first-order chi connectivity index (χ1) is 72.0. The fourth-order valence-electron chi connectivity index (χ4n) is 19.0. The molecule has 0 heterocycles. The molecule has 149 heavy (non-hydrogen) atoms. The van der Waals surface area contributed by atoms with Gasteiger partial charge in [-0.05, 0) is 229 Å². The fourth-order valence-corrected chi connectivity index (χ4v) is 19.0.